The lowest BCUT2D eigenvalue weighted by atomic mass is 10.0. The molecule has 1 aromatic carbocycles. The van der Waals surface area contributed by atoms with Gasteiger partial charge in [-0.15, -0.1) is 11.8 Å². The summed E-state index contributed by atoms with van der Waals surface area (Å²) in [6.45, 7) is 7.04. The molecule has 1 fully saturated rings. The number of rotatable bonds is 6. The van der Waals surface area contributed by atoms with E-state index in [0.717, 1.165) is 29.0 Å². The minimum Gasteiger partial charge on any atom is -0.493 e. The Hall–Kier alpha value is -1.68. The molecule has 0 aliphatic heterocycles. The maximum Gasteiger partial charge on any atom is 0.253 e. The quantitative estimate of drug-likeness (QED) is 0.715. The first-order chi connectivity index (χ1) is 11.4. The molecule has 0 spiro atoms. The van der Waals surface area contributed by atoms with Crippen molar-refractivity contribution in [1.82, 2.24) is 4.57 Å². The van der Waals surface area contributed by atoms with Gasteiger partial charge in [0.15, 0.2) is 0 Å². The van der Waals surface area contributed by atoms with Gasteiger partial charge in [0.25, 0.3) is 5.56 Å². The Morgan fingerprint density at radius 3 is 2.67 bits per heavy atom. The third kappa shape index (κ3) is 4.04. The van der Waals surface area contributed by atoms with Crippen LogP contribution in [0.25, 0.3) is 11.1 Å². The van der Waals surface area contributed by atoms with Gasteiger partial charge in [-0.2, -0.15) is 0 Å². The Kier molecular flexibility index (Phi) is 5.04. The predicted octanol–water partition coefficient (Wildman–Crippen LogP) is 4.65. The van der Waals surface area contributed by atoms with Gasteiger partial charge in [0.2, 0.25) is 0 Å². The number of pyridine rings is 1. The number of aryl methyl sites for hydroxylation is 2. The highest BCUT2D eigenvalue weighted by Gasteiger charge is 2.22. The normalized spacial score (nSPS) is 14.2. The molecule has 0 N–H and O–H groups in total. The van der Waals surface area contributed by atoms with Crippen LogP contribution in [0.1, 0.15) is 32.3 Å². The fraction of sp³-hybridized carbons (Fsp3) is 0.450. The van der Waals surface area contributed by atoms with Crippen molar-refractivity contribution < 1.29 is 4.74 Å². The zero-order chi connectivity index (χ0) is 17.3. The van der Waals surface area contributed by atoms with Gasteiger partial charge in [0, 0.05) is 40.1 Å². The summed E-state index contributed by atoms with van der Waals surface area (Å²) >= 11 is 1.84. The molecule has 0 saturated heterocycles. The van der Waals surface area contributed by atoms with Crippen molar-refractivity contribution >= 4 is 11.8 Å². The highest BCUT2D eigenvalue weighted by molar-refractivity contribution is 7.99. The first-order valence-corrected chi connectivity index (χ1v) is 9.43. The first-order valence-electron chi connectivity index (χ1n) is 8.55. The van der Waals surface area contributed by atoms with E-state index in [1.165, 1.54) is 17.7 Å². The monoisotopic (exact) mass is 343 g/mol. The lowest BCUT2D eigenvalue weighted by molar-refractivity contribution is 0.301. The molecule has 0 amide bonds. The Labute approximate surface area is 148 Å². The summed E-state index contributed by atoms with van der Waals surface area (Å²) in [5, 5.41) is 0.526. The molecule has 3 rings (SSSR count). The Morgan fingerprint density at radius 2 is 2.04 bits per heavy atom. The average Bonchev–Trinajstić information content (AvgIpc) is 3.34. The van der Waals surface area contributed by atoms with Crippen molar-refractivity contribution in [2.24, 2.45) is 13.0 Å². The highest BCUT2D eigenvalue weighted by Crippen LogP contribution is 2.37. The molecule has 4 heteroatoms. The summed E-state index contributed by atoms with van der Waals surface area (Å²) in [5.74, 6) is 1.62. The van der Waals surface area contributed by atoms with Gasteiger partial charge < -0.3 is 9.30 Å². The molecule has 1 heterocycles. The average molecular weight is 343 g/mol. The maximum atomic E-state index is 12.0. The summed E-state index contributed by atoms with van der Waals surface area (Å²) < 4.78 is 7.74. The second-order valence-corrected chi connectivity index (χ2v) is 8.56. The van der Waals surface area contributed by atoms with E-state index in [1.54, 1.807) is 11.6 Å². The number of benzene rings is 1. The Bertz CT molecular complexity index is 764. The number of aromatic nitrogens is 1. The lowest BCUT2D eigenvalue weighted by Gasteiger charge is -2.15. The van der Waals surface area contributed by atoms with Gasteiger partial charge in [-0.3, -0.25) is 4.79 Å². The molecule has 1 aliphatic carbocycles. The molecule has 0 unspecified atom stereocenters. The number of nitrogens with zero attached hydrogens (tertiary/aromatic N) is 1. The molecule has 0 bridgehead atoms. The zero-order valence-electron chi connectivity index (χ0n) is 14.8. The largest absolute Gasteiger partial charge is 0.493 e. The molecule has 128 valence electrons. The topological polar surface area (TPSA) is 31.2 Å². The molecule has 3 nitrogen and oxygen atoms in total. The second-order valence-electron chi connectivity index (χ2n) is 6.91. The highest BCUT2D eigenvalue weighted by atomic mass is 32.2. The molecule has 1 saturated carbocycles. The third-order valence-corrected chi connectivity index (χ3v) is 5.17. The maximum absolute atomic E-state index is 12.0. The minimum atomic E-state index is 0.0481. The van der Waals surface area contributed by atoms with Crippen molar-refractivity contribution in [3.05, 3.63) is 46.4 Å². The molecule has 0 atom stereocenters. The summed E-state index contributed by atoms with van der Waals surface area (Å²) in [4.78, 5) is 13.2. The van der Waals surface area contributed by atoms with Crippen LogP contribution < -0.4 is 10.3 Å². The summed E-state index contributed by atoms with van der Waals surface area (Å²) in [7, 11) is 1.80. The van der Waals surface area contributed by atoms with Gasteiger partial charge in [-0.1, -0.05) is 13.8 Å². The number of thioether (sulfide) groups is 1. The lowest BCUT2D eigenvalue weighted by Crippen LogP contribution is -2.18. The van der Waals surface area contributed by atoms with E-state index in [2.05, 4.69) is 32.0 Å². The smallest absolute Gasteiger partial charge is 0.253 e. The van der Waals surface area contributed by atoms with Gasteiger partial charge in [0.1, 0.15) is 5.75 Å². The molecule has 24 heavy (non-hydrogen) atoms. The van der Waals surface area contributed by atoms with Crippen molar-refractivity contribution in [1.29, 1.82) is 0 Å². The number of ether oxygens (including phenoxy) is 1. The van der Waals surface area contributed by atoms with Crippen LogP contribution >= 0.6 is 11.8 Å². The van der Waals surface area contributed by atoms with Crippen LogP contribution in [-0.2, 0) is 7.05 Å². The van der Waals surface area contributed by atoms with Crippen LogP contribution in [0.15, 0.2) is 40.2 Å². The number of hydrogen-bond donors (Lipinski definition) is 0. The van der Waals surface area contributed by atoms with E-state index in [0.29, 0.717) is 11.2 Å². The summed E-state index contributed by atoms with van der Waals surface area (Å²) in [6.07, 6.45) is 4.45. The van der Waals surface area contributed by atoms with Crippen LogP contribution in [0.4, 0.5) is 0 Å². The fourth-order valence-corrected chi connectivity index (χ4v) is 3.60. The molecular weight excluding hydrogens is 318 g/mol. The van der Waals surface area contributed by atoms with Crippen molar-refractivity contribution in [3.8, 4) is 16.9 Å². The van der Waals surface area contributed by atoms with Crippen LogP contribution in [0, 0.1) is 12.8 Å². The van der Waals surface area contributed by atoms with Gasteiger partial charge >= 0.3 is 0 Å². The van der Waals surface area contributed by atoms with Crippen LogP contribution in [0.2, 0.25) is 0 Å². The first kappa shape index (κ1) is 17.2. The van der Waals surface area contributed by atoms with Crippen molar-refractivity contribution in [2.45, 2.75) is 43.8 Å². The predicted molar refractivity (Wildman–Crippen MR) is 101 cm³/mol. The minimum absolute atomic E-state index is 0.0481. The molecule has 1 aromatic heterocycles. The van der Waals surface area contributed by atoms with E-state index in [9.17, 15) is 4.79 Å². The van der Waals surface area contributed by atoms with E-state index >= 15 is 0 Å². The van der Waals surface area contributed by atoms with E-state index < -0.39 is 0 Å². The van der Waals surface area contributed by atoms with E-state index in [1.807, 2.05) is 30.9 Å². The van der Waals surface area contributed by atoms with Gasteiger partial charge in [-0.05, 0) is 49.9 Å². The second kappa shape index (κ2) is 7.06. The summed E-state index contributed by atoms with van der Waals surface area (Å²) in [6, 6.07) is 8.35. The SMILES string of the molecule is Cc1cc(-c2cc(SC(C)C)ccc2OCC2CC2)cn(C)c1=O. The number of hydrogen-bond acceptors (Lipinski definition) is 3. The standard InChI is InChI=1S/C20H25NO2S/c1-13(2)24-17-7-8-19(23-12-15-5-6-15)18(10-17)16-9-14(3)20(22)21(4)11-16/h7-11,13,15H,5-6,12H2,1-4H3. The third-order valence-electron chi connectivity index (χ3n) is 4.17. The Balaban J connectivity index is 2.01. The molecule has 0 radical (unpaired) electrons. The fourth-order valence-electron chi connectivity index (χ4n) is 2.72. The van der Waals surface area contributed by atoms with Crippen LogP contribution in [0.3, 0.4) is 0 Å². The van der Waals surface area contributed by atoms with Gasteiger partial charge in [-0.25, -0.2) is 0 Å². The van der Waals surface area contributed by atoms with Crippen molar-refractivity contribution in [3.63, 3.8) is 0 Å². The molecule has 1 aliphatic rings. The van der Waals surface area contributed by atoms with E-state index in [4.69, 9.17) is 4.74 Å². The Morgan fingerprint density at radius 1 is 1.29 bits per heavy atom. The van der Waals surface area contributed by atoms with Crippen LogP contribution in [0.5, 0.6) is 5.75 Å². The summed E-state index contributed by atoms with van der Waals surface area (Å²) in [5.41, 5.74) is 2.91. The zero-order valence-corrected chi connectivity index (χ0v) is 15.7. The molecular formula is C20H25NO2S. The van der Waals surface area contributed by atoms with E-state index in [-0.39, 0.29) is 5.56 Å². The van der Waals surface area contributed by atoms with Crippen LogP contribution in [-0.4, -0.2) is 16.4 Å². The van der Waals surface area contributed by atoms with Gasteiger partial charge in [0.05, 0.1) is 6.61 Å². The van der Waals surface area contributed by atoms with Crippen molar-refractivity contribution in [2.75, 3.05) is 6.61 Å². The molecule has 2 aromatic rings.